The summed E-state index contributed by atoms with van der Waals surface area (Å²) in [6, 6.07) is 0. The third-order valence-corrected chi connectivity index (χ3v) is 2.72. The van der Waals surface area contributed by atoms with Gasteiger partial charge in [0.05, 0.1) is 12.0 Å². The number of hydrogen-bond donors (Lipinski definition) is 0. The van der Waals surface area contributed by atoms with Crippen LogP contribution in [0.2, 0.25) is 0 Å². The maximum atomic E-state index is 11.6. The molecule has 0 spiro atoms. The lowest BCUT2D eigenvalue weighted by Crippen LogP contribution is -2.34. The fraction of sp³-hybridized carbons (Fsp3) is 0.900. The molecule has 0 amide bonds. The molecule has 3 heteroatoms. The van der Waals surface area contributed by atoms with Gasteiger partial charge in [-0.25, -0.2) is 0 Å². The lowest BCUT2D eigenvalue weighted by atomic mass is 9.96. The summed E-state index contributed by atoms with van der Waals surface area (Å²) in [4.78, 5) is 11.6. The highest BCUT2D eigenvalue weighted by Crippen LogP contribution is 2.28. The van der Waals surface area contributed by atoms with Gasteiger partial charge in [-0.1, -0.05) is 0 Å². The van der Waals surface area contributed by atoms with Crippen LogP contribution in [0.4, 0.5) is 0 Å². The Balaban J connectivity index is 1.85. The van der Waals surface area contributed by atoms with Crippen LogP contribution < -0.4 is 0 Å². The highest BCUT2D eigenvalue weighted by atomic mass is 16.6. The van der Waals surface area contributed by atoms with Crippen molar-refractivity contribution in [2.75, 3.05) is 6.61 Å². The van der Waals surface area contributed by atoms with Crippen molar-refractivity contribution in [2.45, 2.75) is 44.8 Å². The van der Waals surface area contributed by atoms with Crippen LogP contribution in [-0.4, -0.2) is 24.8 Å². The molecule has 2 atom stereocenters. The molecule has 0 bridgehead atoms. The summed E-state index contributed by atoms with van der Waals surface area (Å²) in [5, 5.41) is 0. The van der Waals surface area contributed by atoms with E-state index in [1.54, 1.807) is 0 Å². The second-order valence-corrected chi connectivity index (χ2v) is 3.96. The number of hydrogen-bond acceptors (Lipinski definition) is 3. The summed E-state index contributed by atoms with van der Waals surface area (Å²) < 4.78 is 10.7. The fourth-order valence-electron chi connectivity index (χ4n) is 1.67. The predicted octanol–water partition coefficient (Wildman–Crippen LogP) is 1.51. The van der Waals surface area contributed by atoms with E-state index in [0.717, 1.165) is 32.3 Å². The molecule has 1 aliphatic carbocycles. The van der Waals surface area contributed by atoms with Crippen LogP contribution in [-0.2, 0) is 14.3 Å². The van der Waals surface area contributed by atoms with Crippen LogP contribution in [0.5, 0.6) is 0 Å². The van der Waals surface area contributed by atoms with Gasteiger partial charge in [-0.2, -0.15) is 0 Å². The molecule has 3 nitrogen and oxygen atoms in total. The Morgan fingerprint density at radius 2 is 2.15 bits per heavy atom. The van der Waals surface area contributed by atoms with Crippen molar-refractivity contribution < 1.29 is 14.3 Å². The summed E-state index contributed by atoms with van der Waals surface area (Å²) in [5.74, 6) is -0.0657. The first-order valence-electron chi connectivity index (χ1n) is 5.09. The number of rotatable bonds is 2. The molecule has 1 aliphatic heterocycles. The zero-order valence-corrected chi connectivity index (χ0v) is 7.99. The van der Waals surface area contributed by atoms with E-state index in [1.807, 2.05) is 6.92 Å². The second kappa shape index (κ2) is 3.66. The summed E-state index contributed by atoms with van der Waals surface area (Å²) in [6.07, 6.45) is 4.27. The van der Waals surface area contributed by atoms with E-state index in [4.69, 9.17) is 9.47 Å². The van der Waals surface area contributed by atoms with Gasteiger partial charge in [-0.15, -0.1) is 0 Å². The summed E-state index contributed by atoms with van der Waals surface area (Å²) >= 11 is 0. The first kappa shape index (κ1) is 9.00. The maximum absolute atomic E-state index is 11.6. The number of carbonyl (C=O) groups is 1. The molecule has 2 aliphatic rings. The van der Waals surface area contributed by atoms with E-state index in [-0.39, 0.29) is 24.1 Å². The van der Waals surface area contributed by atoms with E-state index in [9.17, 15) is 4.79 Å². The monoisotopic (exact) mass is 184 g/mol. The maximum Gasteiger partial charge on any atom is 0.311 e. The van der Waals surface area contributed by atoms with E-state index in [1.165, 1.54) is 0 Å². The minimum atomic E-state index is -0.0466. The third kappa shape index (κ3) is 2.21. The van der Waals surface area contributed by atoms with E-state index in [2.05, 4.69) is 0 Å². The second-order valence-electron chi connectivity index (χ2n) is 3.96. The Hall–Kier alpha value is -0.570. The first-order chi connectivity index (χ1) is 6.27. The molecule has 0 aromatic heterocycles. The summed E-state index contributed by atoms with van der Waals surface area (Å²) in [6.45, 7) is 2.74. The number of carbonyl (C=O) groups excluding carboxylic acids is 1. The normalized spacial score (nSPS) is 34.2. The van der Waals surface area contributed by atoms with Gasteiger partial charge in [0, 0.05) is 6.61 Å². The average molecular weight is 184 g/mol. The first-order valence-corrected chi connectivity index (χ1v) is 5.09. The molecule has 1 heterocycles. The minimum Gasteiger partial charge on any atom is -0.462 e. The molecule has 0 aromatic rings. The molecular weight excluding hydrogens is 168 g/mol. The van der Waals surface area contributed by atoms with Gasteiger partial charge >= 0.3 is 5.97 Å². The molecule has 1 saturated heterocycles. The van der Waals surface area contributed by atoms with Crippen molar-refractivity contribution in [1.82, 2.24) is 0 Å². The van der Waals surface area contributed by atoms with Crippen molar-refractivity contribution in [2.24, 2.45) is 5.92 Å². The topological polar surface area (TPSA) is 35.5 Å². The molecule has 0 aromatic carbocycles. The summed E-state index contributed by atoms with van der Waals surface area (Å²) in [7, 11) is 0. The number of ether oxygens (including phenoxy) is 2. The number of esters is 1. The highest BCUT2D eigenvalue weighted by Gasteiger charge is 2.34. The molecule has 2 rings (SSSR count). The van der Waals surface area contributed by atoms with Crippen LogP contribution in [0.15, 0.2) is 0 Å². The van der Waals surface area contributed by atoms with Crippen LogP contribution in [0.25, 0.3) is 0 Å². The summed E-state index contributed by atoms with van der Waals surface area (Å²) in [5.41, 5.74) is 0. The van der Waals surface area contributed by atoms with Gasteiger partial charge in [0.15, 0.2) is 0 Å². The van der Waals surface area contributed by atoms with Crippen LogP contribution in [0.1, 0.15) is 32.6 Å². The largest absolute Gasteiger partial charge is 0.462 e. The molecule has 1 saturated carbocycles. The standard InChI is InChI=1S/C10H16O3/c1-7-9(3-2-6-12-7)10(11)13-8-4-5-8/h7-9H,2-6H2,1H3/t7-,9-/m1/s1. The van der Waals surface area contributed by atoms with Crippen LogP contribution >= 0.6 is 0 Å². The lowest BCUT2D eigenvalue weighted by Gasteiger charge is -2.27. The van der Waals surface area contributed by atoms with Gasteiger partial charge in [-0.05, 0) is 32.6 Å². The molecule has 0 N–H and O–H groups in total. The Labute approximate surface area is 78.4 Å². The quantitative estimate of drug-likeness (QED) is 0.610. The SMILES string of the molecule is C[C@H]1OCCC[C@H]1C(=O)OC1CC1. The van der Waals surface area contributed by atoms with Crippen molar-refractivity contribution in [3.8, 4) is 0 Å². The Bertz CT molecular complexity index is 198. The molecule has 2 fully saturated rings. The highest BCUT2D eigenvalue weighted by molar-refractivity contribution is 5.73. The lowest BCUT2D eigenvalue weighted by molar-refractivity contribution is -0.158. The Morgan fingerprint density at radius 3 is 2.77 bits per heavy atom. The predicted molar refractivity (Wildman–Crippen MR) is 47.3 cm³/mol. The molecule has 0 unspecified atom stereocenters. The molecule has 0 radical (unpaired) electrons. The average Bonchev–Trinajstić information content (AvgIpc) is 2.89. The van der Waals surface area contributed by atoms with Crippen LogP contribution in [0, 0.1) is 5.92 Å². The van der Waals surface area contributed by atoms with Crippen molar-refractivity contribution >= 4 is 5.97 Å². The van der Waals surface area contributed by atoms with Gasteiger partial charge in [0.25, 0.3) is 0 Å². The van der Waals surface area contributed by atoms with Crippen molar-refractivity contribution in [3.63, 3.8) is 0 Å². The molecule has 74 valence electrons. The van der Waals surface area contributed by atoms with Crippen molar-refractivity contribution in [3.05, 3.63) is 0 Å². The van der Waals surface area contributed by atoms with E-state index >= 15 is 0 Å². The van der Waals surface area contributed by atoms with Gasteiger partial charge in [0.2, 0.25) is 0 Å². The Kier molecular flexibility index (Phi) is 2.54. The minimum absolute atomic E-state index is 0.0191. The smallest absolute Gasteiger partial charge is 0.311 e. The van der Waals surface area contributed by atoms with E-state index < -0.39 is 0 Å². The van der Waals surface area contributed by atoms with Gasteiger partial charge in [-0.3, -0.25) is 4.79 Å². The van der Waals surface area contributed by atoms with E-state index in [0.29, 0.717) is 0 Å². The third-order valence-electron chi connectivity index (χ3n) is 2.72. The van der Waals surface area contributed by atoms with Crippen molar-refractivity contribution in [1.29, 1.82) is 0 Å². The van der Waals surface area contributed by atoms with Gasteiger partial charge < -0.3 is 9.47 Å². The zero-order valence-electron chi connectivity index (χ0n) is 7.99. The zero-order chi connectivity index (χ0) is 9.26. The van der Waals surface area contributed by atoms with Gasteiger partial charge in [0.1, 0.15) is 6.10 Å². The molecule has 13 heavy (non-hydrogen) atoms. The Morgan fingerprint density at radius 1 is 1.38 bits per heavy atom. The van der Waals surface area contributed by atoms with Crippen LogP contribution in [0.3, 0.4) is 0 Å². The fourth-order valence-corrected chi connectivity index (χ4v) is 1.67. The molecular formula is C10H16O3.